The Hall–Kier alpha value is -1.44. The molecule has 0 aromatic heterocycles. The van der Waals surface area contributed by atoms with Gasteiger partial charge in [-0.2, -0.15) is 4.31 Å². The van der Waals surface area contributed by atoms with Gasteiger partial charge < -0.3 is 4.90 Å². The van der Waals surface area contributed by atoms with Gasteiger partial charge in [-0.05, 0) is 44.9 Å². The topological polar surface area (TPSA) is 60.9 Å². The lowest BCUT2D eigenvalue weighted by molar-refractivity contribution is -0.134. The van der Waals surface area contributed by atoms with E-state index in [1.165, 1.54) is 17.1 Å². The van der Waals surface area contributed by atoms with Crippen molar-refractivity contribution >= 4 is 15.9 Å². The quantitative estimate of drug-likeness (QED) is 0.769. The van der Waals surface area contributed by atoms with Gasteiger partial charge in [-0.25, -0.2) is 8.42 Å². The zero-order chi connectivity index (χ0) is 19.4. The summed E-state index contributed by atoms with van der Waals surface area (Å²) >= 11 is 0. The Kier molecular flexibility index (Phi) is 6.55. The largest absolute Gasteiger partial charge is 0.339 e. The van der Waals surface area contributed by atoms with E-state index in [-0.39, 0.29) is 5.91 Å². The molecule has 2 aliphatic heterocycles. The molecule has 0 N–H and O–H groups in total. The van der Waals surface area contributed by atoms with Crippen LogP contribution in [0.1, 0.15) is 38.2 Å². The molecule has 2 aliphatic rings. The van der Waals surface area contributed by atoms with Crippen molar-refractivity contribution in [1.29, 1.82) is 0 Å². The van der Waals surface area contributed by atoms with Crippen LogP contribution in [0.15, 0.2) is 29.2 Å². The zero-order valence-corrected chi connectivity index (χ0v) is 17.2. The van der Waals surface area contributed by atoms with E-state index in [0.717, 1.165) is 24.9 Å². The van der Waals surface area contributed by atoms with E-state index in [1.807, 2.05) is 24.0 Å². The summed E-state index contributed by atoms with van der Waals surface area (Å²) in [7, 11) is -3.48. The summed E-state index contributed by atoms with van der Waals surface area (Å²) in [6.07, 6.45) is 4.66. The summed E-state index contributed by atoms with van der Waals surface area (Å²) < 4.78 is 27.1. The summed E-state index contributed by atoms with van der Waals surface area (Å²) in [5.74, 6) is 0.128. The molecule has 0 bridgehead atoms. The molecule has 1 atom stereocenters. The number of amides is 1. The lowest BCUT2D eigenvalue weighted by atomic mass is 10.00. The molecule has 2 fully saturated rings. The predicted octanol–water partition coefficient (Wildman–Crippen LogP) is 2.09. The number of carbonyl (C=O) groups is 1. The molecule has 0 unspecified atom stereocenters. The fourth-order valence-electron chi connectivity index (χ4n) is 4.04. The number of aryl methyl sites for hydroxylation is 1. The first-order chi connectivity index (χ1) is 12.9. The van der Waals surface area contributed by atoms with Gasteiger partial charge in [0.2, 0.25) is 15.9 Å². The molecule has 6 nitrogen and oxygen atoms in total. The van der Waals surface area contributed by atoms with Crippen LogP contribution in [0.5, 0.6) is 0 Å². The maximum atomic E-state index is 12.8. The maximum absolute atomic E-state index is 12.8. The fourth-order valence-corrected chi connectivity index (χ4v) is 5.46. The number of likely N-dealkylation sites (tertiary alicyclic amines) is 1. The predicted molar refractivity (Wildman–Crippen MR) is 106 cm³/mol. The minimum absolute atomic E-state index is 0.128. The maximum Gasteiger partial charge on any atom is 0.243 e. The Morgan fingerprint density at radius 3 is 2.33 bits per heavy atom. The lowest BCUT2D eigenvalue weighted by Crippen LogP contribution is -2.53. The van der Waals surface area contributed by atoms with Crippen molar-refractivity contribution in [2.45, 2.75) is 50.5 Å². The van der Waals surface area contributed by atoms with Gasteiger partial charge in [0.15, 0.2) is 0 Å². The molecular weight excluding hydrogens is 362 g/mol. The van der Waals surface area contributed by atoms with Crippen molar-refractivity contribution < 1.29 is 13.2 Å². The van der Waals surface area contributed by atoms with Crippen molar-refractivity contribution in [2.75, 3.05) is 39.3 Å². The smallest absolute Gasteiger partial charge is 0.243 e. The van der Waals surface area contributed by atoms with Gasteiger partial charge in [-0.15, -0.1) is 0 Å². The van der Waals surface area contributed by atoms with Crippen molar-refractivity contribution in [3.63, 3.8) is 0 Å². The van der Waals surface area contributed by atoms with E-state index >= 15 is 0 Å². The zero-order valence-electron chi connectivity index (χ0n) is 16.4. The SMILES string of the molecule is CC[C@@H]1CCCCN1CC(=O)N1CCN(S(=O)(=O)c2ccc(C)cc2)CC1. The number of hydrogen-bond acceptors (Lipinski definition) is 4. The van der Waals surface area contributed by atoms with E-state index in [9.17, 15) is 13.2 Å². The normalized spacial score (nSPS) is 22.7. The minimum atomic E-state index is -3.48. The molecular formula is C20H31N3O3S. The second-order valence-corrected chi connectivity index (χ2v) is 9.56. The Bertz CT molecular complexity index is 740. The van der Waals surface area contributed by atoms with Crippen LogP contribution >= 0.6 is 0 Å². The van der Waals surface area contributed by atoms with Crippen LogP contribution in [0, 0.1) is 6.92 Å². The fraction of sp³-hybridized carbons (Fsp3) is 0.650. The summed E-state index contributed by atoms with van der Waals surface area (Å²) in [4.78, 5) is 17.2. The number of hydrogen-bond donors (Lipinski definition) is 0. The number of carbonyl (C=O) groups excluding carboxylic acids is 1. The van der Waals surface area contributed by atoms with Crippen molar-refractivity contribution in [3.05, 3.63) is 29.8 Å². The monoisotopic (exact) mass is 393 g/mol. The standard InChI is InChI=1S/C20H31N3O3S/c1-3-18-6-4-5-11-22(18)16-20(24)21-12-14-23(15-13-21)27(25,26)19-9-7-17(2)8-10-19/h7-10,18H,3-6,11-16H2,1-2H3/t18-/m1/s1. The number of rotatable bonds is 5. The Labute approximate surface area is 163 Å². The molecule has 2 heterocycles. The molecule has 0 aliphatic carbocycles. The molecule has 0 saturated carbocycles. The number of benzene rings is 1. The first kappa shape index (κ1) is 20.3. The van der Waals surface area contributed by atoms with Gasteiger partial charge >= 0.3 is 0 Å². The summed E-state index contributed by atoms with van der Waals surface area (Å²) in [6, 6.07) is 7.45. The van der Waals surface area contributed by atoms with Gasteiger partial charge in [0, 0.05) is 32.2 Å². The Balaban J connectivity index is 1.56. The van der Waals surface area contributed by atoms with Crippen molar-refractivity contribution in [3.8, 4) is 0 Å². The van der Waals surface area contributed by atoms with Crippen LogP contribution in [-0.2, 0) is 14.8 Å². The van der Waals surface area contributed by atoms with Crippen LogP contribution in [-0.4, -0.2) is 73.7 Å². The molecule has 0 spiro atoms. The second kappa shape index (κ2) is 8.71. The molecule has 27 heavy (non-hydrogen) atoms. The van der Waals surface area contributed by atoms with Gasteiger partial charge in [-0.3, -0.25) is 9.69 Å². The molecule has 1 amide bonds. The molecule has 2 saturated heterocycles. The molecule has 0 radical (unpaired) electrons. The van der Waals surface area contributed by atoms with Gasteiger partial charge in [0.25, 0.3) is 0 Å². The number of nitrogens with zero attached hydrogens (tertiary/aromatic N) is 3. The molecule has 1 aromatic carbocycles. The number of piperidine rings is 1. The van der Waals surface area contributed by atoms with Crippen LogP contribution in [0.4, 0.5) is 0 Å². The van der Waals surface area contributed by atoms with E-state index in [4.69, 9.17) is 0 Å². The lowest BCUT2D eigenvalue weighted by Gasteiger charge is -2.38. The second-order valence-electron chi connectivity index (χ2n) is 7.63. The molecule has 3 rings (SSSR count). The van der Waals surface area contributed by atoms with Gasteiger partial charge in [0.1, 0.15) is 0 Å². The average molecular weight is 394 g/mol. The van der Waals surface area contributed by atoms with Crippen LogP contribution in [0.3, 0.4) is 0 Å². The summed E-state index contributed by atoms with van der Waals surface area (Å²) in [6.45, 7) is 7.23. The summed E-state index contributed by atoms with van der Waals surface area (Å²) in [5, 5.41) is 0. The number of sulfonamides is 1. The third-order valence-electron chi connectivity index (χ3n) is 5.81. The van der Waals surface area contributed by atoms with E-state index < -0.39 is 10.0 Å². The Morgan fingerprint density at radius 2 is 1.70 bits per heavy atom. The van der Waals surface area contributed by atoms with E-state index in [2.05, 4.69) is 11.8 Å². The highest BCUT2D eigenvalue weighted by Gasteiger charge is 2.31. The average Bonchev–Trinajstić information content (AvgIpc) is 2.69. The van der Waals surface area contributed by atoms with Gasteiger partial charge in [-0.1, -0.05) is 31.0 Å². The minimum Gasteiger partial charge on any atom is -0.339 e. The van der Waals surface area contributed by atoms with Crippen LogP contribution in [0.25, 0.3) is 0 Å². The third-order valence-corrected chi connectivity index (χ3v) is 7.72. The first-order valence-corrected chi connectivity index (χ1v) is 11.4. The summed E-state index contributed by atoms with van der Waals surface area (Å²) in [5.41, 5.74) is 1.03. The highest BCUT2D eigenvalue weighted by molar-refractivity contribution is 7.89. The third kappa shape index (κ3) is 4.70. The number of piperazine rings is 1. The van der Waals surface area contributed by atoms with Crippen LogP contribution < -0.4 is 0 Å². The van der Waals surface area contributed by atoms with E-state index in [1.54, 1.807) is 12.1 Å². The van der Waals surface area contributed by atoms with E-state index in [0.29, 0.717) is 43.7 Å². The highest BCUT2D eigenvalue weighted by atomic mass is 32.2. The molecule has 1 aromatic rings. The van der Waals surface area contributed by atoms with Crippen molar-refractivity contribution in [2.24, 2.45) is 0 Å². The molecule has 7 heteroatoms. The van der Waals surface area contributed by atoms with Crippen molar-refractivity contribution in [1.82, 2.24) is 14.1 Å². The Morgan fingerprint density at radius 1 is 1.04 bits per heavy atom. The van der Waals surface area contributed by atoms with Gasteiger partial charge in [0.05, 0.1) is 11.4 Å². The molecule has 150 valence electrons. The first-order valence-electron chi connectivity index (χ1n) is 10.0. The highest BCUT2D eigenvalue weighted by Crippen LogP contribution is 2.21. The van der Waals surface area contributed by atoms with Crippen LogP contribution in [0.2, 0.25) is 0 Å².